The summed E-state index contributed by atoms with van der Waals surface area (Å²) in [5.74, 6) is 0.796. The van der Waals surface area contributed by atoms with Crippen LogP contribution >= 0.6 is 0 Å². The van der Waals surface area contributed by atoms with E-state index in [4.69, 9.17) is 0 Å². The van der Waals surface area contributed by atoms with Gasteiger partial charge in [0, 0.05) is 11.3 Å². The molecule has 0 amide bonds. The molecule has 0 aliphatic carbocycles. The van der Waals surface area contributed by atoms with E-state index in [9.17, 15) is 5.11 Å². The summed E-state index contributed by atoms with van der Waals surface area (Å²) in [6, 6.07) is 32.3. The van der Waals surface area contributed by atoms with E-state index in [0.29, 0.717) is 11.8 Å². The number of aliphatic hydroxyl groups excluding tert-OH is 1. The number of hydrogen-bond donors (Lipinski definition) is 2. The van der Waals surface area contributed by atoms with Crippen LogP contribution in [0.25, 0.3) is 0 Å². The van der Waals surface area contributed by atoms with Crippen LogP contribution in [-0.4, -0.2) is 24.8 Å². The van der Waals surface area contributed by atoms with Gasteiger partial charge < -0.3 is 10.4 Å². The van der Waals surface area contributed by atoms with Crippen LogP contribution in [0.3, 0.4) is 0 Å². The van der Waals surface area contributed by atoms with E-state index >= 15 is 0 Å². The van der Waals surface area contributed by atoms with Crippen LogP contribution in [0.4, 0.5) is 0 Å². The zero-order valence-corrected chi connectivity index (χ0v) is 17.0. The molecule has 2 N–H and O–H groups in total. The molecule has 2 atom stereocenters. The number of aliphatic hydroxyl groups is 1. The minimum atomic E-state index is -0.148. The lowest BCUT2D eigenvalue weighted by atomic mass is 9.64. The van der Waals surface area contributed by atoms with E-state index < -0.39 is 0 Å². The maximum atomic E-state index is 10.5. The predicted molar refractivity (Wildman–Crippen MR) is 120 cm³/mol. The summed E-state index contributed by atoms with van der Waals surface area (Å²) in [4.78, 5) is 0. The predicted octanol–water partition coefficient (Wildman–Crippen LogP) is 5.14. The maximum absolute atomic E-state index is 10.5. The highest BCUT2D eigenvalue weighted by Crippen LogP contribution is 2.42. The molecule has 0 bridgehead atoms. The van der Waals surface area contributed by atoms with Gasteiger partial charge >= 0.3 is 0 Å². The topological polar surface area (TPSA) is 32.3 Å². The zero-order chi connectivity index (χ0) is 19.9. The van der Waals surface area contributed by atoms with Crippen LogP contribution in [0.15, 0.2) is 91.0 Å². The normalized spacial score (nSPS) is 21.9. The van der Waals surface area contributed by atoms with Crippen molar-refractivity contribution in [1.29, 1.82) is 0 Å². The summed E-state index contributed by atoms with van der Waals surface area (Å²) < 4.78 is 0. The van der Waals surface area contributed by atoms with Gasteiger partial charge in [0.05, 0.1) is 6.61 Å². The number of nitrogens with one attached hydrogen (secondary N) is 1. The van der Waals surface area contributed by atoms with Crippen molar-refractivity contribution in [2.75, 3.05) is 19.7 Å². The fraction of sp³-hybridized carbons (Fsp3) is 0.333. The van der Waals surface area contributed by atoms with E-state index in [1.807, 2.05) is 0 Å². The fourth-order valence-electron chi connectivity index (χ4n) is 5.08. The largest absolute Gasteiger partial charge is 0.395 e. The minimum absolute atomic E-state index is 0.148. The van der Waals surface area contributed by atoms with Gasteiger partial charge in [-0.05, 0) is 55.0 Å². The third-order valence-electron chi connectivity index (χ3n) is 6.76. The average molecular weight is 386 g/mol. The summed E-state index contributed by atoms with van der Waals surface area (Å²) in [5, 5.41) is 14.1. The monoisotopic (exact) mass is 385 g/mol. The molecule has 1 aliphatic rings. The Morgan fingerprint density at radius 1 is 0.828 bits per heavy atom. The molecule has 29 heavy (non-hydrogen) atoms. The Balaban J connectivity index is 1.60. The molecule has 0 aromatic heterocycles. The number of piperidine rings is 1. The summed E-state index contributed by atoms with van der Waals surface area (Å²) in [7, 11) is 0. The Morgan fingerprint density at radius 2 is 1.38 bits per heavy atom. The molecular weight excluding hydrogens is 354 g/mol. The average Bonchev–Trinajstić information content (AvgIpc) is 2.81. The van der Waals surface area contributed by atoms with Crippen molar-refractivity contribution in [2.45, 2.75) is 30.6 Å². The molecule has 1 saturated heterocycles. The van der Waals surface area contributed by atoms with Crippen LogP contribution in [0.2, 0.25) is 0 Å². The van der Waals surface area contributed by atoms with Crippen molar-refractivity contribution in [3.05, 3.63) is 108 Å². The fourth-order valence-corrected chi connectivity index (χ4v) is 5.08. The van der Waals surface area contributed by atoms with Crippen molar-refractivity contribution in [2.24, 2.45) is 5.92 Å². The minimum Gasteiger partial charge on any atom is -0.395 e. The van der Waals surface area contributed by atoms with Gasteiger partial charge in [-0.2, -0.15) is 0 Å². The number of rotatable bonds is 7. The maximum Gasteiger partial charge on any atom is 0.0531 e. The second-order valence-corrected chi connectivity index (χ2v) is 8.28. The van der Waals surface area contributed by atoms with Gasteiger partial charge in [-0.15, -0.1) is 0 Å². The third kappa shape index (κ3) is 4.29. The second kappa shape index (κ2) is 9.39. The molecular formula is C27H31NO. The summed E-state index contributed by atoms with van der Waals surface area (Å²) in [6.07, 6.45) is 3.14. The molecule has 2 nitrogen and oxygen atoms in total. The van der Waals surface area contributed by atoms with Gasteiger partial charge in [0.2, 0.25) is 0 Å². The highest BCUT2D eigenvalue weighted by atomic mass is 16.3. The highest BCUT2D eigenvalue weighted by molar-refractivity contribution is 5.33. The van der Waals surface area contributed by atoms with Gasteiger partial charge in [-0.3, -0.25) is 0 Å². The van der Waals surface area contributed by atoms with Crippen molar-refractivity contribution >= 4 is 0 Å². The van der Waals surface area contributed by atoms with Crippen LogP contribution in [0.1, 0.15) is 41.9 Å². The summed E-state index contributed by atoms with van der Waals surface area (Å²) in [5.41, 5.74) is 3.88. The molecule has 150 valence electrons. The molecule has 3 aromatic rings. The Bertz CT molecular complexity index is 825. The summed E-state index contributed by atoms with van der Waals surface area (Å²) >= 11 is 0. The Kier molecular flexibility index (Phi) is 6.43. The molecule has 1 aliphatic heterocycles. The molecule has 2 unspecified atom stereocenters. The standard InChI is InChI=1S/C27H31NO/c29-21-27(24-14-8-3-9-15-24)18-19-28-20-25(27)16-17-26(22-10-4-1-5-11-22)23-12-6-2-7-13-23/h1-15,25-26,28-29H,16-21H2. The number of benzene rings is 3. The molecule has 0 spiro atoms. The van der Waals surface area contributed by atoms with E-state index in [1.54, 1.807) is 0 Å². The van der Waals surface area contributed by atoms with Crippen LogP contribution in [-0.2, 0) is 5.41 Å². The molecule has 1 heterocycles. The quantitative estimate of drug-likeness (QED) is 0.590. The lowest BCUT2D eigenvalue weighted by Gasteiger charge is -2.44. The van der Waals surface area contributed by atoms with Gasteiger partial charge in [0.1, 0.15) is 0 Å². The van der Waals surface area contributed by atoms with E-state index in [1.165, 1.54) is 16.7 Å². The lowest BCUT2D eigenvalue weighted by molar-refractivity contribution is 0.0961. The first-order chi connectivity index (χ1) is 14.3. The van der Waals surface area contributed by atoms with Crippen LogP contribution < -0.4 is 5.32 Å². The SMILES string of the molecule is OCC1(c2ccccc2)CCNCC1CCC(c1ccccc1)c1ccccc1. The smallest absolute Gasteiger partial charge is 0.0531 e. The van der Waals surface area contributed by atoms with Crippen molar-refractivity contribution in [3.63, 3.8) is 0 Å². The Labute approximate surface area is 174 Å². The molecule has 1 fully saturated rings. The van der Waals surface area contributed by atoms with Gasteiger partial charge in [0.25, 0.3) is 0 Å². The molecule has 2 heteroatoms. The van der Waals surface area contributed by atoms with Crippen molar-refractivity contribution in [1.82, 2.24) is 5.32 Å². The van der Waals surface area contributed by atoms with Gasteiger partial charge in [-0.25, -0.2) is 0 Å². The van der Waals surface area contributed by atoms with Crippen molar-refractivity contribution < 1.29 is 5.11 Å². The number of hydrogen-bond acceptors (Lipinski definition) is 2. The molecule has 3 aromatic carbocycles. The Hall–Kier alpha value is -2.42. The molecule has 4 rings (SSSR count). The van der Waals surface area contributed by atoms with Crippen molar-refractivity contribution in [3.8, 4) is 0 Å². The first-order valence-corrected chi connectivity index (χ1v) is 10.8. The van der Waals surface area contributed by atoms with Gasteiger partial charge in [0.15, 0.2) is 0 Å². The Morgan fingerprint density at radius 3 is 1.93 bits per heavy atom. The van der Waals surface area contributed by atoms with E-state index in [0.717, 1.165) is 32.4 Å². The molecule has 0 saturated carbocycles. The van der Waals surface area contributed by atoms with E-state index in [-0.39, 0.29) is 12.0 Å². The molecule has 0 radical (unpaired) electrons. The highest BCUT2D eigenvalue weighted by Gasteiger charge is 2.41. The van der Waals surface area contributed by atoms with E-state index in [2.05, 4.69) is 96.3 Å². The zero-order valence-electron chi connectivity index (χ0n) is 17.0. The second-order valence-electron chi connectivity index (χ2n) is 8.28. The first kappa shape index (κ1) is 19.9. The van der Waals surface area contributed by atoms with Crippen LogP contribution in [0.5, 0.6) is 0 Å². The first-order valence-electron chi connectivity index (χ1n) is 10.8. The lowest BCUT2D eigenvalue weighted by Crippen LogP contribution is -2.50. The van der Waals surface area contributed by atoms with Gasteiger partial charge in [-0.1, -0.05) is 91.0 Å². The van der Waals surface area contributed by atoms with Crippen LogP contribution in [0, 0.1) is 5.92 Å². The third-order valence-corrected chi connectivity index (χ3v) is 6.76. The summed E-state index contributed by atoms with van der Waals surface area (Å²) in [6.45, 7) is 2.14.